The average Bonchev–Trinajstić information content (AvgIpc) is 3.04. The highest BCUT2D eigenvalue weighted by Gasteiger charge is 2.43. The van der Waals surface area contributed by atoms with Crippen LogP contribution in [0.3, 0.4) is 0 Å². The molecule has 0 aliphatic carbocycles. The molecule has 1 fully saturated rings. The minimum atomic E-state index is -0.689. The van der Waals surface area contributed by atoms with Crippen LogP contribution < -0.4 is 15.0 Å². The molecule has 0 unspecified atom stereocenters. The molecule has 176 valence electrons. The van der Waals surface area contributed by atoms with E-state index in [1.54, 1.807) is 31.4 Å². The number of hydrogen-bond donors (Lipinski definition) is 1. The third kappa shape index (κ3) is 6.28. The molecule has 6 nitrogen and oxygen atoms in total. The monoisotopic (exact) mass is 471 g/mol. The van der Waals surface area contributed by atoms with Crippen molar-refractivity contribution in [3.63, 3.8) is 0 Å². The van der Waals surface area contributed by atoms with Crippen molar-refractivity contribution in [2.45, 2.75) is 51.5 Å². The third-order valence-electron chi connectivity index (χ3n) is 5.66. The summed E-state index contributed by atoms with van der Waals surface area (Å²) in [7, 11) is 1.58. The van der Waals surface area contributed by atoms with Gasteiger partial charge < -0.3 is 15.0 Å². The van der Waals surface area contributed by atoms with Gasteiger partial charge in [-0.3, -0.25) is 14.5 Å². The van der Waals surface area contributed by atoms with Gasteiger partial charge in [-0.2, -0.15) is 0 Å². The lowest BCUT2D eigenvalue weighted by Crippen LogP contribution is -2.38. The predicted octanol–water partition coefficient (Wildman–Crippen LogP) is 5.14. The zero-order valence-corrected chi connectivity index (χ0v) is 19.9. The molecule has 0 bridgehead atoms. The molecule has 33 heavy (non-hydrogen) atoms. The lowest BCUT2D eigenvalue weighted by atomic mass is 10.1. The molecule has 1 N–H and O–H groups in total. The van der Waals surface area contributed by atoms with E-state index in [1.807, 2.05) is 4.90 Å². The van der Waals surface area contributed by atoms with Crippen LogP contribution in [0.2, 0.25) is 0 Å². The smallest absolute Gasteiger partial charge is 0.256 e. The number of carbonyl (C=O) groups is 2. The van der Waals surface area contributed by atoms with Gasteiger partial charge in [-0.1, -0.05) is 32.6 Å². The van der Waals surface area contributed by atoms with E-state index in [9.17, 15) is 14.0 Å². The molecular weight excluding hydrogens is 441 g/mol. The minimum absolute atomic E-state index is 0.0437. The Morgan fingerprint density at radius 3 is 2.36 bits per heavy atom. The predicted molar refractivity (Wildman–Crippen MR) is 132 cm³/mol. The first-order valence-corrected chi connectivity index (χ1v) is 11.7. The lowest BCUT2D eigenvalue weighted by molar-refractivity contribution is -0.124. The SMILES string of the molecule is CCCCCCCN1C(=S)N(c2ccc(OC)cc2)C(=O)[C@H]1CC(=O)Nc1ccc(F)cc1. The number of benzene rings is 2. The summed E-state index contributed by atoms with van der Waals surface area (Å²) in [5, 5.41) is 3.15. The van der Waals surface area contributed by atoms with Crippen molar-refractivity contribution in [2.24, 2.45) is 0 Å². The summed E-state index contributed by atoms with van der Waals surface area (Å²) in [4.78, 5) is 29.5. The second-order valence-corrected chi connectivity index (χ2v) is 8.40. The maximum absolute atomic E-state index is 13.4. The van der Waals surface area contributed by atoms with Crippen LogP contribution in [0.5, 0.6) is 5.75 Å². The Kier molecular flexibility index (Phi) is 8.77. The molecule has 1 aliphatic heterocycles. The number of hydrogen-bond acceptors (Lipinski definition) is 4. The number of nitrogens with zero attached hydrogens (tertiary/aromatic N) is 2. The van der Waals surface area contributed by atoms with Crippen molar-refractivity contribution in [3.8, 4) is 5.75 Å². The summed E-state index contributed by atoms with van der Waals surface area (Å²) >= 11 is 5.68. The van der Waals surface area contributed by atoms with Gasteiger partial charge in [-0.25, -0.2) is 4.39 Å². The molecule has 1 atom stereocenters. The molecule has 2 aromatic carbocycles. The summed E-state index contributed by atoms with van der Waals surface area (Å²) in [5.41, 5.74) is 1.12. The van der Waals surface area contributed by atoms with Crippen molar-refractivity contribution in [1.29, 1.82) is 0 Å². The van der Waals surface area contributed by atoms with E-state index >= 15 is 0 Å². The van der Waals surface area contributed by atoms with Gasteiger partial charge in [0, 0.05) is 12.2 Å². The molecule has 1 heterocycles. The molecule has 2 amide bonds. The van der Waals surface area contributed by atoms with Crippen molar-refractivity contribution in [3.05, 3.63) is 54.3 Å². The highest BCUT2D eigenvalue weighted by molar-refractivity contribution is 7.80. The van der Waals surface area contributed by atoms with Gasteiger partial charge in [-0.15, -0.1) is 0 Å². The molecule has 1 aliphatic rings. The Balaban J connectivity index is 1.75. The third-order valence-corrected chi connectivity index (χ3v) is 6.08. The number of unbranched alkanes of at least 4 members (excludes halogenated alkanes) is 4. The van der Waals surface area contributed by atoms with Gasteiger partial charge in [0.05, 0.1) is 19.2 Å². The fraction of sp³-hybridized carbons (Fsp3) is 0.400. The van der Waals surface area contributed by atoms with E-state index < -0.39 is 6.04 Å². The number of nitrogens with one attached hydrogen (secondary N) is 1. The molecule has 2 aromatic rings. The summed E-state index contributed by atoms with van der Waals surface area (Å²) in [6.07, 6.45) is 5.34. The average molecular weight is 472 g/mol. The zero-order chi connectivity index (χ0) is 23.8. The first-order chi connectivity index (χ1) is 15.9. The fourth-order valence-electron chi connectivity index (χ4n) is 3.86. The number of halogens is 1. The van der Waals surface area contributed by atoms with Gasteiger partial charge in [0.1, 0.15) is 17.6 Å². The van der Waals surface area contributed by atoms with E-state index in [-0.39, 0.29) is 24.1 Å². The van der Waals surface area contributed by atoms with Gasteiger partial charge in [0.2, 0.25) is 5.91 Å². The van der Waals surface area contributed by atoms with E-state index in [0.29, 0.717) is 28.8 Å². The van der Waals surface area contributed by atoms with Crippen molar-refractivity contribution < 1.29 is 18.7 Å². The summed E-state index contributed by atoms with van der Waals surface area (Å²) in [6.45, 7) is 2.77. The molecular formula is C25H30FN3O3S. The van der Waals surface area contributed by atoms with Crippen LogP contribution in [0.1, 0.15) is 45.4 Å². The maximum Gasteiger partial charge on any atom is 0.256 e. The first kappa shape index (κ1) is 24.6. The minimum Gasteiger partial charge on any atom is -0.497 e. The second-order valence-electron chi connectivity index (χ2n) is 8.04. The maximum atomic E-state index is 13.4. The topological polar surface area (TPSA) is 61.9 Å². The van der Waals surface area contributed by atoms with Crippen LogP contribution in [-0.2, 0) is 9.59 Å². The summed E-state index contributed by atoms with van der Waals surface area (Å²) in [5.74, 6) is -0.253. The molecule has 3 rings (SSSR count). The Hall–Kier alpha value is -3.00. The van der Waals surface area contributed by atoms with Crippen LogP contribution in [0.4, 0.5) is 15.8 Å². The number of carbonyl (C=O) groups excluding carboxylic acids is 2. The molecule has 1 saturated heterocycles. The highest BCUT2D eigenvalue weighted by Crippen LogP contribution is 2.29. The van der Waals surface area contributed by atoms with E-state index in [2.05, 4.69) is 12.2 Å². The Morgan fingerprint density at radius 2 is 1.73 bits per heavy atom. The van der Waals surface area contributed by atoms with Crippen LogP contribution in [0.25, 0.3) is 0 Å². The number of methoxy groups -OCH3 is 1. The number of amides is 2. The molecule has 8 heteroatoms. The Bertz CT molecular complexity index is 966. The molecule has 0 aromatic heterocycles. The molecule has 0 spiro atoms. The first-order valence-electron chi connectivity index (χ1n) is 11.3. The van der Waals surface area contributed by atoms with Crippen molar-refractivity contribution in [1.82, 2.24) is 4.90 Å². The van der Waals surface area contributed by atoms with E-state index in [0.717, 1.165) is 25.7 Å². The molecule has 0 radical (unpaired) electrons. The number of thiocarbonyl (C=S) groups is 1. The normalized spacial score (nSPS) is 15.8. The van der Waals surface area contributed by atoms with Crippen molar-refractivity contribution >= 4 is 40.5 Å². The van der Waals surface area contributed by atoms with E-state index in [4.69, 9.17) is 17.0 Å². The number of ether oxygens (including phenoxy) is 1. The van der Waals surface area contributed by atoms with Gasteiger partial charge in [-0.05, 0) is 67.2 Å². The summed E-state index contributed by atoms with van der Waals surface area (Å²) in [6, 6.07) is 12.0. The number of anilines is 2. The zero-order valence-electron chi connectivity index (χ0n) is 19.1. The highest BCUT2D eigenvalue weighted by atomic mass is 32.1. The standard InChI is InChI=1S/C25H30FN3O3S/c1-3-4-5-6-7-16-28-22(17-23(30)27-19-10-8-18(26)9-11-19)24(31)29(25(28)33)20-12-14-21(32-2)15-13-20/h8-15,22H,3-7,16-17H2,1-2H3,(H,27,30)/t22-/m1/s1. The van der Waals surface area contributed by atoms with Crippen molar-refractivity contribution in [2.75, 3.05) is 23.9 Å². The Morgan fingerprint density at radius 1 is 1.06 bits per heavy atom. The van der Waals surface area contributed by atoms with Gasteiger partial charge in [0.15, 0.2) is 5.11 Å². The van der Waals surface area contributed by atoms with Gasteiger partial charge in [0.25, 0.3) is 5.91 Å². The quantitative estimate of drug-likeness (QED) is 0.363. The van der Waals surface area contributed by atoms with Crippen LogP contribution >= 0.6 is 12.2 Å². The van der Waals surface area contributed by atoms with Crippen LogP contribution in [0, 0.1) is 5.82 Å². The Labute approximate surface area is 199 Å². The van der Waals surface area contributed by atoms with E-state index in [1.165, 1.54) is 35.6 Å². The summed E-state index contributed by atoms with van der Waals surface area (Å²) < 4.78 is 18.4. The largest absolute Gasteiger partial charge is 0.497 e. The lowest BCUT2D eigenvalue weighted by Gasteiger charge is -2.24. The fourth-order valence-corrected chi connectivity index (χ4v) is 4.28. The van der Waals surface area contributed by atoms with Gasteiger partial charge >= 0.3 is 0 Å². The van der Waals surface area contributed by atoms with Crippen LogP contribution in [-0.4, -0.2) is 41.5 Å². The van der Waals surface area contributed by atoms with Crippen LogP contribution in [0.15, 0.2) is 48.5 Å². The number of rotatable bonds is 11. The molecule has 0 saturated carbocycles. The second kappa shape index (κ2) is 11.7.